The van der Waals surface area contributed by atoms with Crippen LogP contribution in [0.5, 0.6) is 5.75 Å². The Morgan fingerprint density at radius 3 is 2.73 bits per heavy atom. The molecule has 0 aliphatic carbocycles. The lowest BCUT2D eigenvalue weighted by molar-refractivity contribution is 0.0496. The number of aryl methyl sites for hydroxylation is 2. The average molecular weight is 321 g/mol. The van der Waals surface area contributed by atoms with Gasteiger partial charge in [0.25, 0.3) is 0 Å². The molecular formula is C11H16INO2. The first-order valence-corrected chi connectivity index (χ1v) is 6.04. The molecule has 0 radical (unpaired) electrons. The van der Waals surface area contributed by atoms with Gasteiger partial charge in [0.15, 0.2) is 12.5 Å². The van der Waals surface area contributed by atoms with Crippen molar-refractivity contribution in [2.75, 3.05) is 13.9 Å². The van der Waals surface area contributed by atoms with Gasteiger partial charge in [-0.2, -0.15) is 0 Å². The van der Waals surface area contributed by atoms with Gasteiger partial charge in [-0.05, 0) is 42.0 Å². The molecule has 0 aliphatic heterocycles. The van der Waals surface area contributed by atoms with E-state index in [0.717, 1.165) is 33.5 Å². The molecule has 0 spiro atoms. The Hall–Kier alpha value is -0.360. The molecule has 0 aromatic carbocycles. The van der Waals surface area contributed by atoms with E-state index in [1.165, 1.54) is 0 Å². The van der Waals surface area contributed by atoms with Crippen LogP contribution in [0.4, 0.5) is 0 Å². The standard InChI is InChI=1S/C11H16INO2/c1-4-5-9-6-10(12)11(8(2)13-9)15-7-14-3/h6H,4-5,7H2,1-3H3. The summed E-state index contributed by atoms with van der Waals surface area (Å²) in [6.07, 6.45) is 2.13. The summed E-state index contributed by atoms with van der Waals surface area (Å²) in [5.74, 6) is 0.831. The molecule has 84 valence electrons. The lowest BCUT2D eigenvalue weighted by atomic mass is 10.2. The van der Waals surface area contributed by atoms with Crippen LogP contribution in [0.25, 0.3) is 0 Å². The monoisotopic (exact) mass is 321 g/mol. The van der Waals surface area contributed by atoms with Crippen LogP contribution in [-0.4, -0.2) is 18.9 Å². The maximum Gasteiger partial charge on any atom is 0.188 e. The molecule has 0 N–H and O–H groups in total. The number of nitrogens with zero attached hydrogens (tertiary/aromatic N) is 1. The van der Waals surface area contributed by atoms with Gasteiger partial charge in [-0.3, -0.25) is 4.98 Å². The van der Waals surface area contributed by atoms with Crippen molar-refractivity contribution in [3.05, 3.63) is 21.0 Å². The summed E-state index contributed by atoms with van der Waals surface area (Å²) in [6, 6.07) is 2.07. The quantitative estimate of drug-likeness (QED) is 0.617. The number of hydrogen-bond donors (Lipinski definition) is 0. The molecule has 1 aromatic rings. The summed E-state index contributed by atoms with van der Waals surface area (Å²) in [7, 11) is 1.61. The third-order valence-corrected chi connectivity index (χ3v) is 2.78. The van der Waals surface area contributed by atoms with E-state index in [4.69, 9.17) is 9.47 Å². The molecular weight excluding hydrogens is 305 g/mol. The molecule has 0 saturated heterocycles. The van der Waals surface area contributed by atoms with Crippen molar-refractivity contribution in [3.63, 3.8) is 0 Å². The number of hydrogen-bond acceptors (Lipinski definition) is 3. The van der Waals surface area contributed by atoms with Crippen molar-refractivity contribution in [2.45, 2.75) is 26.7 Å². The SMILES string of the molecule is CCCc1cc(I)c(OCOC)c(C)n1. The second-order valence-corrected chi connectivity index (χ2v) is 4.47. The molecule has 1 heterocycles. The fraction of sp³-hybridized carbons (Fsp3) is 0.545. The van der Waals surface area contributed by atoms with E-state index >= 15 is 0 Å². The van der Waals surface area contributed by atoms with Gasteiger partial charge in [0.05, 0.1) is 9.26 Å². The molecule has 0 fully saturated rings. The summed E-state index contributed by atoms with van der Waals surface area (Å²) in [6.45, 7) is 4.39. The maximum atomic E-state index is 5.46. The minimum atomic E-state index is 0.269. The highest BCUT2D eigenvalue weighted by Crippen LogP contribution is 2.25. The minimum Gasteiger partial charge on any atom is -0.465 e. The lowest BCUT2D eigenvalue weighted by Crippen LogP contribution is -2.04. The number of rotatable bonds is 5. The molecule has 0 unspecified atom stereocenters. The third kappa shape index (κ3) is 3.61. The summed E-state index contributed by atoms with van der Waals surface area (Å²) in [5, 5.41) is 0. The van der Waals surface area contributed by atoms with Crippen molar-refractivity contribution >= 4 is 22.6 Å². The van der Waals surface area contributed by atoms with Gasteiger partial charge in [0.2, 0.25) is 0 Å². The Morgan fingerprint density at radius 2 is 2.20 bits per heavy atom. The number of halogens is 1. The van der Waals surface area contributed by atoms with Crippen LogP contribution in [0.1, 0.15) is 24.7 Å². The van der Waals surface area contributed by atoms with Crippen LogP contribution in [0.15, 0.2) is 6.07 Å². The van der Waals surface area contributed by atoms with Gasteiger partial charge < -0.3 is 9.47 Å². The Labute approximate surface area is 104 Å². The summed E-state index contributed by atoms with van der Waals surface area (Å²) in [5.41, 5.74) is 2.06. The van der Waals surface area contributed by atoms with Crippen LogP contribution >= 0.6 is 22.6 Å². The molecule has 0 amide bonds. The molecule has 3 nitrogen and oxygen atoms in total. The number of pyridine rings is 1. The van der Waals surface area contributed by atoms with Crippen molar-refractivity contribution in [1.29, 1.82) is 0 Å². The van der Waals surface area contributed by atoms with Crippen LogP contribution in [0.3, 0.4) is 0 Å². The molecule has 15 heavy (non-hydrogen) atoms. The molecule has 1 rings (SSSR count). The molecule has 0 bridgehead atoms. The fourth-order valence-corrected chi connectivity index (χ4v) is 2.26. The predicted octanol–water partition coefficient (Wildman–Crippen LogP) is 2.93. The van der Waals surface area contributed by atoms with E-state index in [9.17, 15) is 0 Å². The summed E-state index contributed by atoms with van der Waals surface area (Å²) >= 11 is 2.27. The van der Waals surface area contributed by atoms with E-state index in [-0.39, 0.29) is 6.79 Å². The number of methoxy groups -OCH3 is 1. The number of aromatic nitrogens is 1. The first-order chi connectivity index (χ1) is 7.19. The Balaban J connectivity index is 2.88. The van der Waals surface area contributed by atoms with Crippen molar-refractivity contribution in [1.82, 2.24) is 4.98 Å². The maximum absolute atomic E-state index is 5.46. The highest BCUT2D eigenvalue weighted by Gasteiger charge is 2.08. The topological polar surface area (TPSA) is 31.4 Å². The second kappa shape index (κ2) is 6.27. The first kappa shape index (κ1) is 12.7. The Bertz CT molecular complexity index is 305. The van der Waals surface area contributed by atoms with Gasteiger partial charge in [-0.25, -0.2) is 0 Å². The van der Waals surface area contributed by atoms with E-state index in [2.05, 4.69) is 40.6 Å². The lowest BCUT2D eigenvalue weighted by Gasteiger charge is -2.11. The average Bonchev–Trinajstić information content (AvgIpc) is 2.17. The number of ether oxygens (including phenoxy) is 2. The van der Waals surface area contributed by atoms with Gasteiger partial charge in [-0.1, -0.05) is 13.3 Å². The summed E-state index contributed by atoms with van der Waals surface area (Å²) in [4.78, 5) is 4.49. The molecule has 0 saturated carbocycles. The minimum absolute atomic E-state index is 0.269. The molecule has 4 heteroatoms. The molecule has 0 aliphatic rings. The fourth-order valence-electron chi connectivity index (χ4n) is 1.36. The zero-order chi connectivity index (χ0) is 11.3. The smallest absolute Gasteiger partial charge is 0.188 e. The van der Waals surface area contributed by atoms with Crippen molar-refractivity contribution in [2.24, 2.45) is 0 Å². The Morgan fingerprint density at radius 1 is 1.47 bits per heavy atom. The van der Waals surface area contributed by atoms with Gasteiger partial charge in [0, 0.05) is 12.8 Å². The van der Waals surface area contributed by atoms with Crippen molar-refractivity contribution in [3.8, 4) is 5.75 Å². The molecule has 1 aromatic heterocycles. The van der Waals surface area contributed by atoms with Crippen LogP contribution < -0.4 is 4.74 Å². The van der Waals surface area contributed by atoms with E-state index in [1.54, 1.807) is 7.11 Å². The Kier molecular flexibility index (Phi) is 5.31. The van der Waals surface area contributed by atoms with Crippen LogP contribution in [0, 0.1) is 10.5 Å². The van der Waals surface area contributed by atoms with Gasteiger partial charge in [0.1, 0.15) is 0 Å². The van der Waals surface area contributed by atoms with Crippen molar-refractivity contribution < 1.29 is 9.47 Å². The normalized spacial score (nSPS) is 10.4. The van der Waals surface area contributed by atoms with Crippen LogP contribution in [-0.2, 0) is 11.2 Å². The highest BCUT2D eigenvalue weighted by atomic mass is 127. The predicted molar refractivity (Wildman–Crippen MR) is 68.2 cm³/mol. The van der Waals surface area contributed by atoms with E-state index in [1.807, 2.05) is 6.92 Å². The largest absolute Gasteiger partial charge is 0.465 e. The zero-order valence-corrected chi connectivity index (χ0v) is 11.5. The van der Waals surface area contributed by atoms with Gasteiger partial charge in [-0.15, -0.1) is 0 Å². The third-order valence-electron chi connectivity index (χ3n) is 1.98. The van der Waals surface area contributed by atoms with Crippen LogP contribution in [0.2, 0.25) is 0 Å². The van der Waals surface area contributed by atoms with E-state index in [0.29, 0.717) is 0 Å². The zero-order valence-electron chi connectivity index (χ0n) is 9.34. The van der Waals surface area contributed by atoms with Gasteiger partial charge >= 0.3 is 0 Å². The van der Waals surface area contributed by atoms with E-state index < -0.39 is 0 Å². The second-order valence-electron chi connectivity index (χ2n) is 3.31. The highest BCUT2D eigenvalue weighted by molar-refractivity contribution is 14.1. The summed E-state index contributed by atoms with van der Waals surface area (Å²) < 4.78 is 11.4. The molecule has 0 atom stereocenters. The first-order valence-electron chi connectivity index (χ1n) is 4.96.